The first kappa shape index (κ1) is 11.2. The van der Waals surface area contributed by atoms with Crippen LogP contribution < -0.4 is 5.56 Å². The summed E-state index contributed by atoms with van der Waals surface area (Å²) in [6.07, 6.45) is 0. The van der Waals surface area contributed by atoms with Crippen LogP contribution in [0.5, 0.6) is 0 Å². The van der Waals surface area contributed by atoms with E-state index in [1.807, 2.05) is 0 Å². The molecule has 3 aromatic rings. The van der Waals surface area contributed by atoms with Gasteiger partial charge in [0.05, 0.1) is 21.2 Å². The molecule has 0 atom stereocenters. The van der Waals surface area contributed by atoms with Gasteiger partial charge in [-0.05, 0) is 28.1 Å². The molecule has 3 rings (SSSR count). The number of rotatable bonds is 1. The average Bonchev–Trinajstić information content (AvgIpc) is 2.73. The number of pyridine rings is 1. The number of hydrogen-bond acceptors (Lipinski definition) is 2. The van der Waals surface area contributed by atoms with Crippen LogP contribution in [0.4, 0.5) is 4.39 Å². The number of H-pyrrole nitrogens is 2. The fourth-order valence-corrected chi connectivity index (χ4v) is 2.05. The molecule has 0 spiro atoms. The first-order chi connectivity index (χ1) is 8.63. The lowest BCUT2D eigenvalue weighted by atomic mass is 10.3. The fourth-order valence-electron chi connectivity index (χ4n) is 1.72. The van der Waals surface area contributed by atoms with E-state index in [1.165, 1.54) is 12.1 Å². The second kappa shape index (κ2) is 4.06. The van der Waals surface area contributed by atoms with Crippen molar-refractivity contribution in [2.75, 3.05) is 0 Å². The predicted molar refractivity (Wildman–Crippen MR) is 69.8 cm³/mol. The third-order valence-electron chi connectivity index (χ3n) is 2.55. The van der Waals surface area contributed by atoms with Crippen molar-refractivity contribution in [3.8, 4) is 11.5 Å². The van der Waals surface area contributed by atoms with Crippen LogP contribution >= 0.6 is 15.9 Å². The fraction of sp³-hybridized carbons (Fsp3) is 0. The quantitative estimate of drug-likeness (QED) is 0.726. The molecule has 0 amide bonds. The van der Waals surface area contributed by atoms with E-state index >= 15 is 0 Å². The van der Waals surface area contributed by atoms with Gasteiger partial charge in [-0.3, -0.25) is 4.79 Å². The van der Waals surface area contributed by atoms with Crippen molar-refractivity contribution in [1.82, 2.24) is 15.0 Å². The van der Waals surface area contributed by atoms with Crippen LogP contribution in [0, 0.1) is 5.82 Å². The maximum Gasteiger partial charge on any atom is 0.248 e. The molecule has 90 valence electrons. The van der Waals surface area contributed by atoms with Gasteiger partial charge in [-0.1, -0.05) is 6.07 Å². The van der Waals surface area contributed by atoms with E-state index in [0.29, 0.717) is 27.0 Å². The first-order valence-corrected chi connectivity index (χ1v) is 5.97. The van der Waals surface area contributed by atoms with Gasteiger partial charge in [0.15, 0.2) is 5.82 Å². The number of nitrogens with one attached hydrogen (secondary N) is 2. The highest BCUT2D eigenvalue weighted by molar-refractivity contribution is 9.10. The molecule has 1 aromatic carbocycles. The molecule has 2 aromatic heterocycles. The monoisotopic (exact) mass is 307 g/mol. The summed E-state index contributed by atoms with van der Waals surface area (Å²) in [5.41, 5.74) is 1.56. The first-order valence-electron chi connectivity index (χ1n) is 5.18. The number of imidazole rings is 1. The summed E-state index contributed by atoms with van der Waals surface area (Å²) in [4.78, 5) is 21.1. The van der Waals surface area contributed by atoms with Crippen LogP contribution in [0.3, 0.4) is 0 Å². The van der Waals surface area contributed by atoms with Crippen LogP contribution in [0.2, 0.25) is 0 Å². The summed E-state index contributed by atoms with van der Waals surface area (Å²) in [6, 6.07) is 7.73. The van der Waals surface area contributed by atoms with E-state index in [9.17, 15) is 9.18 Å². The number of benzene rings is 1. The van der Waals surface area contributed by atoms with Gasteiger partial charge >= 0.3 is 0 Å². The van der Waals surface area contributed by atoms with Crippen LogP contribution in [0.25, 0.3) is 22.6 Å². The van der Waals surface area contributed by atoms with E-state index in [-0.39, 0.29) is 11.4 Å². The smallest absolute Gasteiger partial charge is 0.248 e. The number of aromatic nitrogens is 3. The van der Waals surface area contributed by atoms with E-state index in [2.05, 4.69) is 30.9 Å². The van der Waals surface area contributed by atoms with Crippen molar-refractivity contribution in [1.29, 1.82) is 0 Å². The van der Waals surface area contributed by atoms with E-state index in [0.717, 1.165) is 0 Å². The molecule has 0 aliphatic rings. The number of fused-ring (bicyclic) bond motifs is 1. The van der Waals surface area contributed by atoms with Crippen molar-refractivity contribution in [3.63, 3.8) is 0 Å². The van der Waals surface area contributed by atoms with Gasteiger partial charge in [0, 0.05) is 12.1 Å². The van der Waals surface area contributed by atoms with Crippen LogP contribution in [0.1, 0.15) is 0 Å². The molecule has 6 heteroatoms. The molecule has 0 saturated heterocycles. The summed E-state index contributed by atoms with van der Waals surface area (Å²) >= 11 is 3.11. The summed E-state index contributed by atoms with van der Waals surface area (Å²) < 4.78 is 13.7. The zero-order chi connectivity index (χ0) is 12.7. The van der Waals surface area contributed by atoms with Crippen molar-refractivity contribution < 1.29 is 4.39 Å². The second-order valence-corrected chi connectivity index (χ2v) is 4.65. The lowest BCUT2D eigenvalue weighted by Gasteiger charge is -1.93. The molecule has 0 aliphatic heterocycles. The summed E-state index contributed by atoms with van der Waals surface area (Å²) in [5.74, 6) is 0.138. The number of nitrogens with zero attached hydrogens (tertiary/aromatic N) is 1. The molecule has 0 radical (unpaired) electrons. The Morgan fingerprint density at radius 1 is 1.22 bits per heavy atom. The summed E-state index contributed by atoms with van der Waals surface area (Å²) in [6.45, 7) is 0. The molecule has 2 heterocycles. The Labute approximate surface area is 109 Å². The minimum absolute atomic E-state index is 0.208. The molecular formula is C12H7BrFN3O. The Morgan fingerprint density at radius 3 is 2.83 bits per heavy atom. The largest absolute Gasteiger partial charge is 0.337 e. The normalized spacial score (nSPS) is 11.0. The summed E-state index contributed by atoms with van der Waals surface area (Å²) in [5, 5.41) is 0. The Bertz CT molecular complexity index is 754. The molecule has 18 heavy (non-hydrogen) atoms. The summed E-state index contributed by atoms with van der Waals surface area (Å²) in [7, 11) is 0. The average molecular weight is 308 g/mol. The lowest BCUT2D eigenvalue weighted by Crippen LogP contribution is -2.03. The van der Waals surface area contributed by atoms with Crippen molar-refractivity contribution >= 4 is 27.0 Å². The van der Waals surface area contributed by atoms with Crippen molar-refractivity contribution in [3.05, 3.63) is 51.0 Å². The highest BCUT2D eigenvalue weighted by Crippen LogP contribution is 2.24. The van der Waals surface area contributed by atoms with Gasteiger partial charge in [0.25, 0.3) is 0 Å². The Morgan fingerprint density at radius 2 is 2.06 bits per heavy atom. The number of halogens is 2. The maximum atomic E-state index is 13.4. The predicted octanol–water partition coefficient (Wildman–Crippen LogP) is 2.82. The molecule has 0 saturated carbocycles. The highest BCUT2D eigenvalue weighted by Gasteiger charge is 2.09. The van der Waals surface area contributed by atoms with E-state index in [1.54, 1.807) is 18.2 Å². The van der Waals surface area contributed by atoms with Crippen LogP contribution in [0.15, 0.2) is 39.6 Å². The molecule has 0 bridgehead atoms. The Kier molecular flexibility index (Phi) is 2.52. The SMILES string of the molecule is O=c1cccc(-c2nc3cc(Br)c(F)cc3[nH]2)[nH]1. The van der Waals surface area contributed by atoms with Crippen molar-refractivity contribution in [2.45, 2.75) is 0 Å². The molecule has 2 N–H and O–H groups in total. The highest BCUT2D eigenvalue weighted by atomic mass is 79.9. The van der Waals surface area contributed by atoms with Gasteiger partial charge in [-0.15, -0.1) is 0 Å². The Hall–Kier alpha value is -1.95. The minimum Gasteiger partial charge on any atom is -0.337 e. The standard InChI is InChI=1S/C12H7BrFN3O/c13-6-4-9-10(5-7(6)14)17-12(16-9)8-2-1-3-11(18)15-8/h1-5H,(H,15,18)(H,16,17). The zero-order valence-corrected chi connectivity index (χ0v) is 10.6. The third kappa shape index (κ3) is 1.84. The number of aromatic amines is 2. The van der Waals surface area contributed by atoms with E-state index < -0.39 is 0 Å². The van der Waals surface area contributed by atoms with Gasteiger partial charge in [-0.25, -0.2) is 9.37 Å². The van der Waals surface area contributed by atoms with E-state index in [4.69, 9.17) is 0 Å². The molecule has 0 unspecified atom stereocenters. The van der Waals surface area contributed by atoms with Gasteiger partial charge < -0.3 is 9.97 Å². The third-order valence-corrected chi connectivity index (χ3v) is 3.16. The molecule has 0 fully saturated rings. The van der Waals surface area contributed by atoms with Gasteiger partial charge in [-0.2, -0.15) is 0 Å². The zero-order valence-electron chi connectivity index (χ0n) is 9.00. The van der Waals surface area contributed by atoms with Gasteiger partial charge in [0.2, 0.25) is 5.56 Å². The van der Waals surface area contributed by atoms with Crippen LogP contribution in [-0.2, 0) is 0 Å². The number of hydrogen-bond donors (Lipinski definition) is 2. The lowest BCUT2D eigenvalue weighted by molar-refractivity contribution is 0.623. The second-order valence-electron chi connectivity index (χ2n) is 3.80. The maximum absolute atomic E-state index is 13.4. The topological polar surface area (TPSA) is 61.5 Å². The van der Waals surface area contributed by atoms with Gasteiger partial charge in [0.1, 0.15) is 5.82 Å². The van der Waals surface area contributed by atoms with Crippen molar-refractivity contribution in [2.24, 2.45) is 0 Å². The minimum atomic E-state index is -0.362. The Balaban J connectivity index is 2.22. The molecular weight excluding hydrogens is 301 g/mol. The molecule has 4 nitrogen and oxygen atoms in total. The molecule has 0 aliphatic carbocycles. The van der Waals surface area contributed by atoms with Crippen LogP contribution in [-0.4, -0.2) is 15.0 Å².